The fourth-order valence-corrected chi connectivity index (χ4v) is 3.80. The number of nitrogens with one attached hydrogen (secondary N) is 1. The van der Waals surface area contributed by atoms with Crippen molar-refractivity contribution in [2.24, 2.45) is 0 Å². The Kier molecular flexibility index (Phi) is 4.97. The number of rotatable bonds is 4. The van der Waals surface area contributed by atoms with Crippen molar-refractivity contribution in [3.63, 3.8) is 0 Å². The molecule has 3 heterocycles. The summed E-state index contributed by atoms with van der Waals surface area (Å²) in [4.78, 5) is 27.0. The molecule has 3 aromatic rings. The van der Waals surface area contributed by atoms with E-state index in [1.54, 1.807) is 49.4 Å². The van der Waals surface area contributed by atoms with Gasteiger partial charge in [-0.1, -0.05) is 17.7 Å². The molecule has 0 aliphatic carbocycles. The number of aromatic nitrogens is 2. The first-order chi connectivity index (χ1) is 15.4. The van der Waals surface area contributed by atoms with Crippen LogP contribution in [-0.4, -0.2) is 40.2 Å². The Morgan fingerprint density at radius 2 is 1.81 bits per heavy atom. The van der Waals surface area contributed by atoms with E-state index < -0.39 is 17.5 Å². The molecule has 32 heavy (non-hydrogen) atoms. The summed E-state index contributed by atoms with van der Waals surface area (Å²) in [7, 11) is 0. The Morgan fingerprint density at radius 1 is 1.06 bits per heavy atom. The third-order valence-electron chi connectivity index (χ3n) is 5.45. The minimum atomic E-state index is -1.26. The van der Waals surface area contributed by atoms with Gasteiger partial charge in [0.05, 0.1) is 13.2 Å². The summed E-state index contributed by atoms with van der Waals surface area (Å²) in [5.74, 6) is 1.15. The predicted octanol–water partition coefficient (Wildman–Crippen LogP) is 3.52. The lowest BCUT2D eigenvalue weighted by atomic mass is 9.91. The molecule has 0 saturated carbocycles. The first-order valence-electron chi connectivity index (χ1n) is 10.1. The van der Waals surface area contributed by atoms with Crippen LogP contribution in [-0.2, 0) is 16.9 Å². The number of hydrogen-bond donors (Lipinski definition) is 1. The first kappa shape index (κ1) is 20.3. The first-order valence-corrected chi connectivity index (χ1v) is 10.4. The van der Waals surface area contributed by atoms with Gasteiger partial charge in [0.25, 0.3) is 5.91 Å². The average molecular weight is 455 g/mol. The molecule has 0 spiro atoms. The van der Waals surface area contributed by atoms with Crippen molar-refractivity contribution in [2.75, 3.05) is 13.2 Å². The number of carbonyl (C=O) groups is 2. The van der Waals surface area contributed by atoms with Gasteiger partial charge in [0, 0.05) is 17.0 Å². The van der Waals surface area contributed by atoms with Gasteiger partial charge in [-0.25, -0.2) is 4.79 Å². The largest absolute Gasteiger partial charge is 0.490 e. The minimum absolute atomic E-state index is 0.140. The summed E-state index contributed by atoms with van der Waals surface area (Å²) in [6.45, 7) is 2.59. The van der Waals surface area contributed by atoms with Crippen LogP contribution in [0.5, 0.6) is 11.5 Å². The highest BCUT2D eigenvalue weighted by molar-refractivity contribution is 6.30. The smallest absolute Gasteiger partial charge is 0.325 e. The number of benzene rings is 2. The number of ether oxygens (including phenoxy) is 2. The molecule has 2 aromatic carbocycles. The van der Waals surface area contributed by atoms with Crippen molar-refractivity contribution >= 4 is 23.5 Å². The van der Waals surface area contributed by atoms with E-state index in [2.05, 4.69) is 15.5 Å². The van der Waals surface area contributed by atoms with Crippen molar-refractivity contribution in [3.8, 4) is 23.0 Å². The van der Waals surface area contributed by atoms with E-state index in [-0.39, 0.29) is 18.3 Å². The van der Waals surface area contributed by atoms with Crippen LogP contribution in [0.1, 0.15) is 24.8 Å². The number of halogens is 1. The van der Waals surface area contributed by atoms with E-state index in [0.29, 0.717) is 40.9 Å². The average Bonchev–Trinajstić information content (AvgIpc) is 3.23. The summed E-state index contributed by atoms with van der Waals surface area (Å²) in [5, 5.41) is 11.3. The molecule has 9 nitrogen and oxygen atoms in total. The molecule has 2 aliphatic heterocycles. The van der Waals surface area contributed by atoms with E-state index >= 15 is 0 Å². The quantitative estimate of drug-likeness (QED) is 0.601. The minimum Gasteiger partial charge on any atom is -0.490 e. The van der Waals surface area contributed by atoms with E-state index in [0.717, 1.165) is 11.3 Å². The molecule has 1 N–H and O–H groups in total. The molecule has 1 fully saturated rings. The molecule has 1 saturated heterocycles. The van der Waals surface area contributed by atoms with Gasteiger partial charge in [0.1, 0.15) is 12.1 Å². The topological polar surface area (TPSA) is 107 Å². The van der Waals surface area contributed by atoms with Crippen LogP contribution < -0.4 is 14.8 Å². The van der Waals surface area contributed by atoms with Crippen molar-refractivity contribution in [1.29, 1.82) is 0 Å². The highest BCUT2D eigenvalue weighted by atomic mass is 35.5. The fraction of sp³-hybridized carbons (Fsp3) is 0.273. The molecular formula is C22H19ClN4O5. The highest BCUT2D eigenvalue weighted by Gasteiger charge is 2.49. The predicted molar refractivity (Wildman–Crippen MR) is 113 cm³/mol. The molecule has 0 unspecified atom stereocenters. The SMILES string of the molecule is C[C@]1(c2ccc3c(c2)OCCCO3)NC(=O)N(Cc2nnc(-c3ccc(Cl)cc3)o2)C1=O. The molecular weight excluding hydrogens is 436 g/mol. The number of fused-ring (bicyclic) bond motifs is 1. The zero-order valence-corrected chi connectivity index (χ0v) is 17.9. The number of nitrogens with zero attached hydrogens (tertiary/aromatic N) is 3. The summed E-state index contributed by atoms with van der Waals surface area (Å²) in [6, 6.07) is 11.6. The van der Waals surface area contributed by atoms with Gasteiger partial charge >= 0.3 is 6.03 Å². The summed E-state index contributed by atoms with van der Waals surface area (Å²) >= 11 is 5.90. The van der Waals surface area contributed by atoms with Gasteiger partial charge < -0.3 is 19.2 Å². The van der Waals surface area contributed by atoms with Crippen LogP contribution in [0.15, 0.2) is 46.9 Å². The second-order valence-electron chi connectivity index (χ2n) is 7.67. The Hall–Kier alpha value is -3.59. The van der Waals surface area contributed by atoms with E-state index in [1.807, 2.05) is 0 Å². The third kappa shape index (κ3) is 3.54. The molecule has 0 radical (unpaired) electrons. The maximum absolute atomic E-state index is 13.3. The Bertz CT molecular complexity index is 1200. The van der Waals surface area contributed by atoms with Crippen molar-refractivity contribution in [1.82, 2.24) is 20.4 Å². The number of urea groups is 1. The van der Waals surface area contributed by atoms with Crippen molar-refractivity contribution < 1.29 is 23.5 Å². The van der Waals surface area contributed by atoms with Crippen LogP contribution in [0.2, 0.25) is 5.02 Å². The highest BCUT2D eigenvalue weighted by Crippen LogP contribution is 2.37. The molecule has 3 amide bonds. The van der Waals surface area contributed by atoms with Gasteiger partial charge in [-0.15, -0.1) is 10.2 Å². The second kappa shape index (κ2) is 7.83. The Balaban J connectivity index is 1.37. The lowest BCUT2D eigenvalue weighted by molar-refractivity contribution is -0.131. The van der Waals surface area contributed by atoms with Crippen LogP contribution >= 0.6 is 11.6 Å². The number of imide groups is 1. The lowest BCUT2D eigenvalue weighted by Crippen LogP contribution is -2.40. The Morgan fingerprint density at radius 3 is 2.59 bits per heavy atom. The van der Waals surface area contributed by atoms with Gasteiger partial charge in [0.2, 0.25) is 11.8 Å². The third-order valence-corrected chi connectivity index (χ3v) is 5.70. The van der Waals surface area contributed by atoms with Gasteiger partial charge in [0.15, 0.2) is 11.5 Å². The Labute approximate surface area is 188 Å². The maximum Gasteiger partial charge on any atom is 0.325 e. The van der Waals surface area contributed by atoms with Crippen LogP contribution in [0.25, 0.3) is 11.5 Å². The van der Waals surface area contributed by atoms with E-state index in [9.17, 15) is 9.59 Å². The number of hydrogen-bond acceptors (Lipinski definition) is 7. The molecule has 1 aromatic heterocycles. The van der Waals surface area contributed by atoms with Crippen LogP contribution in [0.3, 0.4) is 0 Å². The number of carbonyl (C=O) groups excluding carboxylic acids is 2. The molecule has 2 aliphatic rings. The standard InChI is InChI=1S/C22H19ClN4O5/c1-22(14-5-8-16-17(11-14)31-10-2-9-30-16)20(28)27(21(29)24-22)12-18-25-26-19(32-18)13-3-6-15(23)7-4-13/h3-8,11H,2,9-10,12H2,1H3,(H,24,29)/t22-/m1/s1. The molecule has 5 rings (SSSR count). The zero-order chi connectivity index (χ0) is 22.3. The van der Waals surface area contributed by atoms with E-state index in [4.69, 9.17) is 25.5 Å². The zero-order valence-electron chi connectivity index (χ0n) is 17.1. The number of amides is 3. The van der Waals surface area contributed by atoms with Crippen LogP contribution in [0, 0.1) is 0 Å². The van der Waals surface area contributed by atoms with Crippen molar-refractivity contribution in [2.45, 2.75) is 25.4 Å². The molecule has 0 bridgehead atoms. The summed E-state index contributed by atoms with van der Waals surface area (Å²) in [6.07, 6.45) is 0.771. The maximum atomic E-state index is 13.3. The molecule has 1 atom stereocenters. The van der Waals surface area contributed by atoms with Gasteiger partial charge in [-0.05, 0) is 48.9 Å². The molecule has 164 valence electrons. The lowest BCUT2D eigenvalue weighted by Gasteiger charge is -2.23. The molecule has 10 heteroatoms. The summed E-state index contributed by atoms with van der Waals surface area (Å²) < 4.78 is 17.0. The summed E-state index contributed by atoms with van der Waals surface area (Å²) in [5.41, 5.74) is 0.0123. The normalized spacial score (nSPS) is 20.2. The van der Waals surface area contributed by atoms with Crippen LogP contribution in [0.4, 0.5) is 4.79 Å². The second-order valence-corrected chi connectivity index (χ2v) is 8.10. The van der Waals surface area contributed by atoms with Crippen molar-refractivity contribution in [3.05, 3.63) is 58.9 Å². The van der Waals surface area contributed by atoms with Gasteiger partial charge in [-0.2, -0.15) is 0 Å². The van der Waals surface area contributed by atoms with Gasteiger partial charge in [-0.3, -0.25) is 9.69 Å². The van der Waals surface area contributed by atoms with E-state index in [1.165, 1.54) is 0 Å². The fourth-order valence-electron chi connectivity index (χ4n) is 3.67. The monoisotopic (exact) mass is 454 g/mol.